The number of nitrogens with zero attached hydrogens (tertiary/aromatic N) is 1. The third-order valence-electron chi connectivity index (χ3n) is 5.77. The molecule has 2 heterocycles. The van der Waals surface area contributed by atoms with Gasteiger partial charge >= 0.3 is 0 Å². The van der Waals surface area contributed by atoms with E-state index in [-0.39, 0.29) is 11.5 Å². The fourth-order valence-electron chi connectivity index (χ4n) is 4.05. The standard InChI is InChI=1S/C23H21FN2O4/c1-11-18(25)21(28)17(24)23(29-11)30-22-19-14(7-4-8-26-19)15-9-12-5-2-3-6-13(12)10-16(15)20(22)27/h2-11,17-18,21,23,27-28H,25H2,1H3/t11-,17+,18-,21-,23-/m0/s1. The largest absolute Gasteiger partial charge is 0.504 e. The fraction of sp³-hybridized carbons (Fsp3) is 0.261. The first-order valence-corrected chi connectivity index (χ1v) is 9.77. The number of ether oxygens (including phenoxy) is 2. The highest BCUT2D eigenvalue weighted by Gasteiger charge is 2.44. The quantitative estimate of drug-likeness (QED) is 0.347. The molecule has 0 bridgehead atoms. The van der Waals surface area contributed by atoms with Gasteiger partial charge in [0.05, 0.1) is 12.1 Å². The molecule has 0 unspecified atom stereocenters. The van der Waals surface area contributed by atoms with E-state index >= 15 is 0 Å². The first-order chi connectivity index (χ1) is 14.5. The van der Waals surface area contributed by atoms with Crippen LogP contribution in [-0.2, 0) is 4.74 Å². The van der Waals surface area contributed by atoms with Crippen molar-refractivity contribution in [1.82, 2.24) is 4.98 Å². The smallest absolute Gasteiger partial charge is 0.234 e. The van der Waals surface area contributed by atoms with E-state index in [1.165, 1.54) is 0 Å². The molecule has 1 aromatic heterocycles. The molecule has 1 aliphatic rings. The molecular formula is C23H21FN2O4. The summed E-state index contributed by atoms with van der Waals surface area (Å²) in [5, 5.41) is 25.3. The number of pyridine rings is 1. The van der Waals surface area contributed by atoms with E-state index in [9.17, 15) is 14.6 Å². The number of fused-ring (bicyclic) bond motifs is 4. The summed E-state index contributed by atoms with van der Waals surface area (Å²) in [5.41, 5.74) is 6.16. The van der Waals surface area contributed by atoms with Gasteiger partial charge in [-0.25, -0.2) is 4.39 Å². The van der Waals surface area contributed by atoms with Gasteiger partial charge in [-0.15, -0.1) is 0 Å². The van der Waals surface area contributed by atoms with Crippen molar-refractivity contribution in [2.75, 3.05) is 0 Å². The van der Waals surface area contributed by atoms with E-state index in [0.717, 1.165) is 21.5 Å². The average Bonchev–Trinajstić information content (AvgIpc) is 2.77. The Kier molecular flexibility index (Phi) is 4.47. The number of hydrogen-bond acceptors (Lipinski definition) is 6. The van der Waals surface area contributed by atoms with Crippen molar-refractivity contribution in [3.63, 3.8) is 0 Å². The van der Waals surface area contributed by atoms with Crippen molar-refractivity contribution in [1.29, 1.82) is 0 Å². The molecule has 0 aliphatic carbocycles. The third kappa shape index (κ3) is 2.86. The van der Waals surface area contributed by atoms with E-state index in [1.54, 1.807) is 19.2 Å². The minimum atomic E-state index is -1.87. The Morgan fingerprint density at radius 1 is 1.07 bits per heavy atom. The number of phenolic OH excluding ortho intramolecular Hbond substituents is 1. The number of alkyl halides is 1. The van der Waals surface area contributed by atoms with Gasteiger partial charge < -0.3 is 25.4 Å². The lowest BCUT2D eigenvalue weighted by molar-refractivity contribution is -0.218. The zero-order chi connectivity index (χ0) is 21.0. The number of rotatable bonds is 2. The number of halogens is 1. The van der Waals surface area contributed by atoms with E-state index < -0.39 is 30.7 Å². The molecule has 6 nitrogen and oxygen atoms in total. The highest BCUT2D eigenvalue weighted by Crippen LogP contribution is 2.44. The van der Waals surface area contributed by atoms with Gasteiger partial charge in [0.15, 0.2) is 17.7 Å². The van der Waals surface area contributed by atoms with Crippen LogP contribution in [-0.4, -0.2) is 45.9 Å². The van der Waals surface area contributed by atoms with E-state index in [0.29, 0.717) is 10.9 Å². The summed E-state index contributed by atoms with van der Waals surface area (Å²) < 4.78 is 26.1. The Hall–Kier alpha value is -3.00. The second-order valence-electron chi connectivity index (χ2n) is 7.66. The van der Waals surface area contributed by atoms with Crippen LogP contribution >= 0.6 is 0 Å². The molecular weight excluding hydrogens is 387 g/mol. The van der Waals surface area contributed by atoms with Crippen molar-refractivity contribution in [3.05, 3.63) is 54.7 Å². The summed E-state index contributed by atoms with van der Waals surface area (Å²) in [6.07, 6.45) is -3.79. The number of aromatic nitrogens is 1. The minimum Gasteiger partial charge on any atom is -0.504 e. The van der Waals surface area contributed by atoms with E-state index in [2.05, 4.69) is 4.98 Å². The maximum atomic E-state index is 14.7. The van der Waals surface area contributed by atoms with Crippen molar-refractivity contribution < 1.29 is 24.1 Å². The van der Waals surface area contributed by atoms with Gasteiger partial charge in [-0.1, -0.05) is 30.3 Å². The maximum Gasteiger partial charge on any atom is 0.234 e. The summed E-state index contributed by atoms with van der Waals surface area (Å²) in [6.45, 7) is 1.64. The predicted molar refractivity (Wildman–Crippen MR) is 112 cm³/mol. The number of aromatic hydroxyl groups is 1. The van der Waals surface area contributed by atoms with Crippen molar-refractivity contribution in [3.8, 4) is 11.5 Å². The van der Waals surface area contributed by atoms with Crippen LogP contribution in [0.15, 0.2) is 54.7 Å². The van der Waals surface area contributed by atoms with Crippen LogP contribution < -0.4 is 10.5 Å². The fourth-order valence-corrected chi connectivity index (χ4v) is 4.05. The molecule has 30 heavy (non-hydrogen) atoms. The lowest BCUT2D eigenvalue weighted by Gasteiger charge is -2.38. The maximum absolute atomic E-state index is 14.7. The number of nitrogens with two attached hydrogens (primary N) is 1. The van der Waals surface area contributed by atoms with Crippen molar-refractivity contribution in [2.24, 2.45) is 5.73 Å². The molecule has 5 rings (SSSR count). The zero-order valence-electron chi connectivity index (χ0n) is 16.2. The highest BCUT2D eigenvalue weighted by atomic mass is 19.1. The number of aliphatic hydroxyl groups is 1. The summed E-state index contributed by atoms with van der Waals surface area (Å²) in [7, 11) is 0. The predicted octanol–water partition coefficient (Wildman–Crippen LogP) is 3.40. The van der Waals surface area contributed by atoms with Crippen LogP contribution in [0.4, 0.5) is 4.39 Å². The number of aliphatic hydroxyl groups excluding tert-OH is 1. The molecule has 0 spiro atoms. The molecule has 1 aliphatic heterocycles. The van der Waals surface area contributed by atoms with Crippen LogP contribution in [0.1, 0.15) is 6.92 Å². The van der Waals surface area contributed by atoms with Crippen LogP contribution in [0.3, 0.4) is 0 Å². The molecule has 7 heteroatoms. The van der Waals surface area contributed by atoms with Crippen LogP contribution in [0.5, 0.6) is 11.5 Å². The molecule has 4 N–H and O–H groups in total. The van der Waals surface area contributed by atoms with Gasteiger partial charge in [-0.05, 0) is 41.3 Å². The molecule has 154 valence electrons. The van der Waals surface area contributed by atoms with Gasteiger partial charge in [-0.2, -0.15) is 0 Å². The number of benzene rings is 3. The van der Waals surface area contributed by atoms with Gasteiger partial charge in [0.2, 0.25) is 6.29 Å². The average molecular weight is 408 g/mol. The summed E-state index contributed by atoms with van der Waals surface area (Å²) in [4.78, 5) is 4.37. The Balaban J connectivity index is 1.71. The van der Waals surface area contributed by atoms with Gasteiger partial charge in [0.1, 0.15) is 11.6 Å². The lowest BCUT2D eigenvalue weighted by Crippen LogP contribution is -2.60. The van der Waals surface area contributed by atoms with E-state index in [4.69, 9.17) is 15.2 Å². The van der Waals surface area contributed by atoms with Crippen molar-refractivity contribution in [2.45, 2.75) is 37.6 Å². The van der Waals surface area contributed by atoms with Gasteiger partial charge in [-0.3, -0.25) is 4.98 Å². The monoisotopic (exact) mass is 408 g/mol. The molecule has 0 radical (unpaired) electrons. The topological polar surface area (TPSA) is 97.8 Å². The summed E-state index contributed by atoms with van der Waals surface area (Å²) in [5.74, 6) is -0.148. The number of phenols is 1. The third-order valence-corrected chi connectivity index (χ3v) is 5.77. The van der Waals surface area contributed by atoms with Crippen LogP contribution in [0, 0.1) is 0 Å². The first kappa shape index (κ1) is 19.0. The molecule has 1 fully saturated rings. The lowest BCUT2D eigenvalue weighted by atomic mass is 9.98. The highest BCUT2D eigenvalue weighted by molar-refractivity contribution is 6.16. The van der Waals surface area contributed by atoms with Crippen LogP contribution in [0.25, 0.3) is 32.4 Å². The van der Waals surface area contributed by atoms with E-state index in [1.807, 2.05) is 42.5 Å². The second kappa shape index (κ2) is 7.05. The van der Waals surface area contributed by atoms with Crippen molar-refractivity contribution >= 4 is 32.4 Å². The SMILES string of the molecule is C[C@@H]1O[C@@H](Oc2c(O)c3cc4ccccc4cc3c3cccnc23)[C@H](F)[C@H](O)[C@H]1N. The first-order valence-electron chi connectivity index (χ1n) is 9.77. The normalized spacial score (nSPS) is 27.0. The number of hydrogen-bond donors (Lipinski definition) is 3. The molecule has 5 atom stereocenters. The second-order valence-corrected chi connectivity index (χ2v) is 7.66. The Bertz CT molecular complexity index is 1260. The Morgan fingerprint density at radius 2 is 1.77 bits per heavy atom. The van der Waals surface area contributed by atoms with Gasteiger partial charge in [0, 0.05) is 17.0 Å². The zero-order valence-corrected chi connectivity index (χ0v) is 16.2. The Labute approximate surface area is 171 Å². The Morgan fingerprint density at radius 3 is 2.50 bits per heavy atom. The molecule has 0 amide bonds. The molecule has 1 saturated heterocycles. The van der Waals surface area contributed by atoms with Crippen LogP contribution in [0.2, 0.25) is 0 Å². The summed E-state index contributed by atoms with van der Waals surface area (Å²) in [6, 6.07) is 14.4. The summed E-state index contributed by atoms with van der Waals surface area (Å²) >= 11 is 0. The molecule has 0 saturated carbocycles. The van der Waals surface area contributed by atoms with Gasteiger partial charge in [0.25, 0.3) is 0 Å². The minimum absolute atomic E-state index is 0.0101. The molecule has 3 aromatic carbocycles. The molecule has 4 aromatic rings.